The normalized spacial score (nSPS) is 14.9. The zero-order valence-corrected chi connectivity index (χ0v) is 11.0. The standard InChI is InChI=1S/C12H18BrNO/c1-9(15-3)8-14-10(2)11-5-4-6-12(13)7-11/h4-7,9-10,14H,8H2,1-3H3. The fraction of sp³-hybridized carbons (Fsp3) is 0.500. The molecule has 0 aliphatic carbocycles. The third kappa shape index (κ3) is 4.33. The van der Waals surface area contributed by atoms with Crippen molar-refractivity contribution in [3.63, 3.8) is 0 Å². The lowest BCUT2D eigenvalue weighted by atomic mass is 10.1. The molecule has 0 amide bonds. The summed E-state index contributed by atoms with van der Waals surface area (Å²) in [7, 11) is 1.73. The fourth-order valence-electron chi connectivity index (χ4n) is 1.32. The molecule has 84 valence electrons. The van der Waals surface area contributed by atoms with E-state index in [1.807, 2.05) is 6.07 Å². The summed E-state index contributed by atoms with van der Waals surface area (Å²) in [6.07, 6.45) is 0.250. The second kappa shape index (κ2) is 6.26. The van der Waals surface area contributed by atoms with E-state index in [1.165, 1.54) is 5.56 Å². The predicted octanol–water partition coefficient (Wildman–Crippen LogP) is 3.13. The Labute approximate surface area is 100 Å². The maximum Gasteiger partial charge on any atom is 0.0667 e. The van der Waals surface area contributed by atoms with E-state index in [2.05, 4.69) is 53.3 Å². The summed E-state index contributed by atoms with van der Waals surface area (Å²) >= 11 is 3.47. The highest BCUT2D eigenvalue weighted by Gasteiger charge is 2.06. The zero-order chi connectivity index (χ0) is 11.3. The second-order valence-corrected chi connectivity index (χ2v) is 4.65. The van der Waals surface area contributed by atoms with Gasteiger partial charge >= 0.3 is 0 Å². The smallest absolute Gasteiger partial charge is 0.0667 e. The molecular formula is C12H18BrNO. The molecule has 0 aliphatic heterocycles. The van der Waals surface area contributed by atoms with E-state index in [9.17, 15) is 0 Å². The predicted molar refractivity (Wildman–Crippen MR) is 67.0 cm³/mol. The van der Waals surface area contributed by atoms with Gasteiger partial charge in [-0.3, -0.25) is 0 Å². The van der Waals surface area contributed by atoms with Crippen LogP contribution < -0.4 is 5.32 Å². The van der Waals surface area contributed by atoms with Gasteiger partial charge in [-0.1, -0.05) is 28.1 Å². The van der Waals surface area contributed by atoms with Crippen LogP contribution in [0.15, 0.2) is 28.7 Å². The molecule has 15 heavy (non-hydrogen) atoms. The molecule has 0 heterocycles. The van der Waals surface area contributed by atoms with Crippen molar-refractivity contribution in [1.82, 2.24) is 5.32 Å². The molecule has 0 aromatic heterocycles. The average molecular weight is 272 g/mol. The van der Waals surface area contributed by atoms with E-state index < -0.39 is 0 Å². The molecule has 2 atom stereocenters. The number of halogens is 1. The first-order valence-electron chi connectivity index (χ1n) is 5.15. The van der Waals surface area contributed by atoms with Crippen molar-refractivity contribution in [3.8, 4) is 0 Å². The summed E-state index contributed by atoms with van der Waals surface area (Å²) in [5.41, 5.74) is 1.28. The molecule has 1 aromatic rings. The lowest BCUT2D eigenvalue weighted by Gasteiger charge is -2.17. The third-order valence-electron chi connectivity index (χ3n) is 2.46. The SMILES string of the molecule is COC(C)CNC(C)c1cccc(Br)c1. The van der Waals surface area contributed by atoms with Crippen molar-refractivity contribution in [2.45, 2.75) is 26.0 Å². The summed E-state index contributed by atoms with van der Waals surface area (Å²) in [6.45, 7) is 5.08. The van der Waals surface area contributed by atoms with Crippen molar-refractivity contribution in [2.24, 2.45) is 0 Å². The van der Waals surface area contributed by atoms with Gasteiger partial charge in [0.25, 0.3) is 0 Å². The minimum Gasteiger partial charge on any atom is -0.380 e. The zero-order valence-electron chi connectivity index (χ0n) is 9.46. The highest BCUT2D eigenvalue weighted by Crippen LogP contribution is 2.17. The Bertz CT molecular complexity index is 303. The summed E-state index contributed by atoms with van der Waals surface area (Å²) in [5.74, 6) is 0. The van der Waals surface area contributed by atoms with Crippen LogP contribution >= 0.6 is 15.9 Å². The van der Waals surface area contributed by atoms with Gasteiger partial charge in [-0.15, -0.1) is 0 Å². The Morgan fingerprint density at radius 2 is 2.13 bits per heavy atom. The van der Waals surface area contributed by atoms with Crippen LogP contribution in [0, 0.1) is 0 Å². The quantitative estimate of drug-likeness (QED) is 0.889. The average Bonchev–Trinajstić information content (AvgIpc) is 2.25. The monoisotopic (exact) mass is 271 g/mol. The number of methoxy groups -OCH3 is 1. The number of ether oxygens (including phenoxy) is 1. The topological polar surface area (TPSA) is 21.3 Å². The van der Waals surface area contributed by atoms with Gasteiger partial charge in [-0.2, -0.15) is 0 Å². The van der Waals surface area contributed by atoms with Crippen molar-refractivity contribution in [2.75, 3.05) is 13.7 Å². The molecule has 0 radical (unpaired) electrons. The number of hydrogen-bond donors (Lipinski definition) is 1. The summed E-state index contributed by atoms with van der Waals surface area (Å²) < 4.78 is 6.31. The van der Waals surface area contributed by atoms with Gasteiger partial charge in [0.2, 0.25) is 0 Å². The van der Waals surface area contributed by atoms with Gasteiger partial charge in [-0.05, 0) is 31.5 Å². The molecule has 1 rings (SSSR count). The minimum absolute atomic E-state index is 0.250. The van der Waals surface area contributed by atoms with Crippen molar-refractivity contribution < 1.29 is 4.74 Å². The van der Waals surface area contributed by atoms with Gasteiger partial charge in [0, 0.05) is 24.2 Å². The van der Waals surface area contributed by atoms with Crippen LogP contribution in [0.5, 0.6) is 0 Å². The Morgan fingerprint density at radius 3 is 2.73 bits per heavy atom. The first-order valence-corrected chi connectivity index (χ1v) is 5.94. The molecule has 1 aromatic carbocycles. The third-order valence-corrected chi connectivity index (χ3v) is 2.96. The first kappa shape index (κ1) is 12.7. The van der Waals surface area contributed by atoms with Crippen LogP contribution in [0.1, 0.15) is 25.5 Å². The number of hydrogen-bond acceptors (Lipinski definition) is 2. The fourth-order valence-corrected chi connectivity index (χ4v) is 1.74. The summed E-state index contributed by atoms with van der Waals surface area (Å²) in [6, 6.07) is 8.69. The van der Waals surface area contributed by atoms with Crippen LogP contribution in [0.2, 0.25) is 0 Å². The van der Waals surface area contributed by atoms with Crippen molar-refractivity contribution >= 4 is 15.9 Å². The van der Waals surface area contributed by atoms with Crippen molar-refractivity contribution in [3.05, 3.63) is 34.3 Å². The molecule has 0 saturated carbocycles. The van der Waals surface area contributed by atoms with Crippen LogP contribution in [0.4, 0.5) is 0 Å². The molecule has 0 bridgehead atoms. The highest BCUT2D eigenvalue weighted by molar-refractivity contribution is 9.10. The molecule has 0 aliphatic rings. The highest BCUT2D eigenvalue weighted by atomic mass is 79.9. The molecule has 1 N–H and O–H groups in total. The van der Waals surface area contributed by atoms with Gasteiger partial charge in [0.05, 0.1) is 6.10 Å². The van der Waals surface area contributed by atoms with Crippen LogP contribution in [-0.4, -0.2) is 19.8 Å². The summed E-state index contributed by atoms with van der Waals surface area (Å²) in [4.78, 5) is 0. The maximum absolute atomic E-state index is 5.19. The minimum atomic E-state index is 0.250. The lowest BCUT2D eigenvalue weighted by molar-refractivity contribution is 0.115. The van der Waals surface area contributed by atoms with Gasteiger partial charge in [-0.25, -0.2) is 0 Å². The number of rotatable bonds is 5. The van der Waals surface area contributed by atoms with E-state index in [1.54, 1.807) is 7.11 Å². The molecule has 0 fully saturated rings. The van der Waals surface area contributed by atoms with Crippen LogP contribution in [0.3, 0.4) is 0 Å². The Kier molecular flexibility index (Phi) is 5.29. The van der Waals surface area contributed by atoms with E-state index in [4.69, 9.17) is 4.74 Å². The van der Waals surface area contributed by atoms with Gasteiger partial charge < -0.3 is 10.1 Å². The van der Waals surface area contributed by atoms with Crippen LogP contribution in [-0.2, 0) is 4.74 Å². The Morgan fingerprint density at radius 1 is 1.40 bits per heavy atom. The molecule has 0 saturated heterocycles. The number of benzene rings is 1. The summed E-state index contributed by atoms with van der Waals surface area (Å²) in [5, 5.41) is 3.43. The molecular weight excluding hydrogens is 254 g/mol. The Balaban J connectivity index is 2.50. The Hall–Kier alpha value is -0.380. The van der Waals surface area contributed by atoms with Crippen LogP contribution in [0.25, 0.3) is 0 Å². The molecule has 2 unspecified atom stereocenters. The lowest BCUT2D eigenvalue weighted by Crippen LogP contribution is -2.28. The van der Waals surface area contributed by atoms with E-state index in [0.717, 1.165) is 11.0 Å². The molecule has 2 nitrogen and oxygen atoms in total. The van der Waals surface area contributed by atoms with Gasteiger partial charge in [0.1, 0.15) is 0 Å². The number of nitrogens with one attached hydrogen (secondary N) is 1. The van der Waals surface area contributed by atoms with Gasteiger partial charge in [0.15, 0.2) is 0 Å². The second-order valence-electron chi connectivity index (χ2n) is 3.73. The van der Waals surface area contributed by atoms with E-state index >= 15 is 0 Å². The molecule has 0 spiro atoms. The maximum atomic E-state index is 5.19. The van der Waals surface area contributed by atoms with E-state index in [0.29, 0.717) is 6.04 Å². The largest absolute Gasteiger partial charge is 0.380 e. The van der Waals surface area contributed by atoms with E-state index in [-0.39, 0.29) is 6.10 Å². The first-order chi connectivity index (χ1) is 7.13. The molecule has 3 heteroatoms. The van der Waals surface area contributed by atoms with Crippen molar-refractivity contribution in [1.29, 1.82) is 0 Å².